The number of rotatable bonds is 2. The van der Waals surface area contributed by atoms with Crippen LogP contribution in [0.3, 0.4) is 0 Å². The number of hydrogen-bond donors (Lipinski definition) is 0. The second kappa shape index (κ2) is 6.31. The van der Waals surface area contributed by atoms with Gasteiger partial charge in [0.05, 0.1) is 17.4 Å². The van der Waals surface area contributed by atoms with Crippen LogP contribution in [0.25, 0.3) is 11.0 Å². The first-order valence-electron chi connectivity index (χ1n) is 8.60. The van der Waals surface area contributed by atoms with Crippen molar-refractivity contribution in [2.24, 2.45) is 0 Å². The summed E-state index contributed by atoms with van der Waals surface area (Å²) in [5.74, 6) is -0.445. The fraction of sp³-hybridized carbons (Fsp3) is 0.300. The van der Waals surface area contributed by atoms with Crippen LogP contribution in [0.15, 0.2) is 48.8 Å². The van der Waals surface area contributed by atoms with Gasteiger partial charge in [0.1, 0.15) is 5.82 Å². The molecule has 2 aromatic carbocycles. The van der Waals surface area contributed by atoms with E-state index in [1.807, 2.05) is 36.4 Å². The molecule has 1 saturated heterocycles. The number of piperidine rings is 1. The van der Waals surface area contributed by atoms with Crippen LogP contribution in [-0.2, 0) is 0 Å². The Labute approximate surface area is 145 Å². The molecule has 0 unspecified atom stereocenters. The van der Waals surface area contributed by atoms with Gasteiger partial charge < -0.3 is 9.47 Å². The van der Waals surface area contributed by atoms with Crippen molar-refractivity contribution in [3.05, 3.63) is 65.7 Å². The number of carbonyl (C=O) groups is 1. The fourth-order valence-corrected chi connectivity index (χ4v) is 3.61. The van der Waals surface area contributed by atoms with E-state index < -0.39 is 0 Å². The maximum absolute atomic E-state index is 13.5. The summed E-state index contributed by atoms with van der Waals surface area (Å²) in [5, 5.41) is 0. The zero-order valence-corrected chi connectivity index (χ0v) is 14.2. The van der Waals surface area contributed by atoms with Crippen molar-refractivity contribution in [1.82, 2.24) is 14.5 Å². The zero-order valence-electron chi connectivity index (χ0n) is 14.2. The van der Waals surface area contributed by atoms with Crippen LogP contribution in [-0.4, -0.2) is 33.4 Å². The molecule has 4 nitrogen and oxygen atoms in total. The number of aryl methyl sites for hydroxylation is 1. The average molecular weight is 337 g/mol. The number of halogens is 1. The van der Waals surface area contributed by atoms with Gasteiger partial charge in [-0.2, -0.15) is 0 Å². The summed E-state index contributed by atoms with van der Waals surface area (Å²) >= 11 is 0. The second-order valence-corrected chi connectivity index (χ2v) is 6.62. The van der Waals surface area contributed by atoms with E-state index in [0.717, 1.165) is 29.4 Å². The van der Waals surface area contributed by atoms with Gasteiger partial charge in [-0.05, 0) is 49.6 Å². The number of nitrogens with zero attached hydrogens (tertiary/aromatic N) is 3. The Balaban J connectivity index is 1.50. The highest BCUT2D eigenvalue weighted by atomic mass is 19.1. The van der Waals surface area contributed by atoms with Gasteiger partial charge in [0.15, 0.2) is 0 Å². The number of imidazole rings is 1. The fourth-order valence-electron chi connectivity index (χ4n) is 3.61. The Kier molecular flexibility index (Phi) is 3.99. The molecule has 1 aromatic heterocycles. The molecule has 0 atom stereocenters. The second-order valence-electron chi connectivity index (χ2n) is 6.62. The largest absolute Gasteiger partial charge is 0.338 e. The van der Waals surface area contributed by atoms with Crippen molar-refractivity contribution in [1.29, 1.82) is 0 Å². The minimum atomic E-state index is -0.367. The summed E-state index contributed by atoms with van der Waals surface area (Å²) < 4.78 is 15.7. The molecule has 2 heterocycles. The third-order valence-electron chi connectivity index (χ3n) is 5.06. The van der Waals surface area contributed by atoms with E-state index in [0.29, 0.717) is 24.7 Å². The number of para-hydroxylation sites is 2. The van der Waals surface area contributed by atoms with Gasteiger partial charge >= 0.3 is 0 Å². The first-order valence-corrected chi connectivity index (χ1v) is 8.60. The standard InChI is InChI=1S/C20H20FN3O/c1-14-6-7-15(21)12-17(14)20(25)23-10-8-16(9-11-23)24-13-22-18-4-2-3-5-19(18)24/h2-7,12-13,16H,8-11H2,1H3. The van der Waals surface area contributed by atoms with Crippen molar-refractivity contribution in [3.8, 4) is 0 Å². The summed E-state index contributed by atoms with van der Waals surface area (Å²) in [7, 11) is 0. The van der Waals surface area contributed by atoms with Crippen LogP contribution < -0.4 is 0 Å². The molecule has 3 aromatic rings. The summed E-state index contributed by atoms with van der Waals surface area (Å²) in [6, 6.07) is 12.8. The molecular formula is C20H20FN3O. The molecule has 0 bridgehead atoms. The lowest BCUT2D eigenvalue weighted by atomic mass is 10.0. The van der Waals surface area contributed by atoms with Crippen molar-refractivity contribution >= 4 is 16.9 Å². The number of aromatic nitrogens is 2. The summed E-state index contributed by atoms with van der Waals surface area (Å²) in [5.41, 5.74) is 3.41. The molecule has 1 aliphatic rings. The Hall–Kier alpha value is -2.69. The third-order valence-corrected chi connectivity index (χ3v) is 5.06. The lowest BCUT2D eigenvalue weighted by Crippen LogP contribution is -2.39. The van der Waals surface area contributed by atoms with Gasteiger partial charge in [0.2, 0.25) is 0 Å². The molecular weight excluding hydrogens is 317 g/mol. The minimum absolute atomic E-state index is 0.0778. The van der Waals surface area contributed by atoms with Crippen molar-refractivity contribution < 1.29 is 9.18 Å². The van der Waals surface area contributed by atoms with E-state index in [1.54, 1.807) is 6.07 Å². The van der Waals surface area contributed by atoms with Crippen LogP contribution >= 0.6 is 0 Å². The SMILES string of the molecule is Cc1ccc(F)cc1C(=O)N1CCC(n2cnc3ccccc32)CC1. The molecule has 128 valence electrons. The average Bonchev–Trinajstić information content (AvgIpc) is 3.07. The Morgan fingerprint density at radius 3 is 2.72 bits per heavy atom. The predicted molar refractivity (Wildman–Crippen MR) is 95.0 cm³/mol. The lowest BCUT2D eigenvalue weighted by Gasteiger charge is -2.33. The quantitative estimate of drug-likeness (QED) is 0.710. The smallest absolute Gasteiger partial charge is 0.254 e. The lowest BCUT2D eigenvalue weighted by molar-refractivity contribution is 0.0694. The maximum atomic E-state index is 13.5. The number of likely N-dealkylation sites (tertiary alicyclic amines) is 1. The Morgan fingerprint density at radius 1 is 1.16 bits per heavy atom. The molecule has 5 heteroatoms. The molecule has 25 heavy (non-hydrogen) atoms. The van der Waals surface area contributed by atoms with E-state index >= 15 is 0 Å². The van der Waals surface area contributed by atoms with E-state index in [1.165, 1.54) is 12.1 Å². The van der Waals surface area contributed by atoms with Crippen LogP contribution in [0, 0.1) is 12.7 Å². The first-order chi connectivity index (χ1) is 12.1. The Bertz CT molecular complexity index is 926. The summed E-state index contributed by atoms with van der Waals surface area (Å²) in [6.07, 6.45) is 3.64. The van der Waals surface area contributed by atoms with E-state index in [4.69, 9.17) is 0 Å². The highest BCUT2D eigenvalue weighted by Gasteiger charge is 2.26. The van der Waals surface area contributed by atoms with Gasteiger partial charge in [-0.3, -0.25) is 4.79 Å². The third kappa shape index (κ3) is 2.90. The van der Waals surface area contributed by atoms with Gasteiger partial charge in [-0.1, -0.05) is 18.2 Å². The number of benzene rings is 2. The van der Waals surface area contributed by atoms with Crippen LogP contribution in [0.2, 0.25) is 0 Å². The van der Waals surface area contributed by atoms with Gasteiger partial charge in [-0.25, -0.2) is 9.37 Å². The minimum Gasteiger partial charge on any atom is -0.338 e. The van der Waals surface area contributed by atoms with E-state index in [9.17, 15) is 9.18 Å². The van der Waals surface area contributed by atoms with E-state index in [-0.39, 0.29) is 11.7 Å². The number of hydrogen-bond acceptors (Lipinski definition) is 2. The van der Waals surface area contributed by atoms with Crippen molar-refractivity contribution in [3.63, 3.8) is 0 Å². The molecule has 0 saturated carbocycles. The number of carbonyl (C=O) groups excluding carboxylic acids is 1. The molecule has 1 fully saturated rings. The van der Waals surface area contributed by atoms with Crippen molar-refractivity contribution in [2.75, 3.05) is 13.1 Å². The molecule has 1 amide bonds. The Morgan fingerprint density at radius 2 is 1.92 bits per heavy atom. The van der Waals surface area contributed by atoms with Gasteiger partial charge in [-0.15, -0.1) is 0 Å². The normalized spacial score (nSPS) is 15.7. The molecule has 0 aliphatic carbocycles. The molecule has 0 radical (unpaired) electrons. The highest BCUT2D eigenvalue weighted by Crippen LogP contribution is 2.27. The number of amides is 1. The van der Waals surface area contributed by atoms with Gasteiger partial charge in [0.25, 0.3) is 5.91 Å². The van der Waals surface area contributed by atoms with Crippen LogP contribution in [0.1, 0.15) is 34.8 Å². The molecule has 0 spiro atoms. The first kappa shape index (κ1) is 15.8. The molecule has 0 N–H and O–H groups in total. The van der Waals surface area contributed by atoms with Crippen LogP contribution in [0.4, 0.5) is 4.39 Å². The van der Waals surface area contributed by atoms with Crippen LogP contribution in [0.5, 0.6) is 0 Å². The topological polar surface area (TPSA) is 38.1 Å². The van der Waals surface area contributed by atoms with Gasteiger partial charge in [0, 0.05) is 24.7 Å². The van der Waals surface area contributed by atoms with Crippen molar-refractivity contribution in [2.45, 2.75) is 25.8 Å². The number of fused-ring (bicyclic) bond motifs is 1. The zero-order chi connectivity index (χ0) is 17.4. The predicted octanol–water partition coefficient (Wildman–Crippen LogP) is 3.96. The summed E-state index contributed by atoms with van der Waals surface area (Å²) in [4.78, 5) is 19.0. The van der Waals surface area contributed by atoms with E-state index in [2.05, 4.69) is 15.6 Å². The highest BCUT2D eigenvalue weighted by molar-refractivity contribution is 5.95. The summed E-state index contributed by atoms with van der Waals surface area (Å²) in [6.45, 7) is 3.19. The maximum Gasteiger partial charge on any atom is 0.254 e. The molecule has 4 rings (SSSR count). The molecule has 1 aliphatic heterocycles. The monoisotopic (exact) mass is 337 g/mol.